The van der Waals surface area contributed by atoms with E-state index in [9.17, 15) is 9.90 Å². The number of hydrogen-bond donors (Lipinski definition) is 1. The Morgan fingerprint density at radius 1 is 0.818 bits per heavy atom. The second-order valence-electron chi connectivity index (χ2n) is 10.7. The Morgan fingerprint density at radius 2 is 1.36 bits per heavy atom. The molecule has 2 aromatic rings. The number of aliphatic hydroxyl groups excluding tert-OH is 1. The lowest BCUT2D eigenvalue weighted by molar-refractivity contribution is -0.140. The molecule has 33 heavy (non-hydrogen) atoms. The third-order valence-corrected chi connectivity index (χ3v) is 8.11. The first kappa shape index (κ1) is 22.5. The van der Waals surface area contributed by atoms with Crippen LogP contribution in [0.4, 0.5) is 0 Å². The van der Waals surface area contributed by atoms with Crippen molar-refractivity contribution in [2.24, 2.45) is 23.7 Å². The summed E-state index contributed by atoms with van der Waals surface area (Å²) < 4.78 is 11.7. The summed E-state index contributed by atoms with van der Waals surface area (Å²) >= 11 is 0. The number of benzene rings is 2. The molecule has 4 nitrogen and oxygen atoms in total. The summed E-state index contributed by atoms with van der Waals surface area (Å²) in [5.74, 6) is 3.01. The van der Waals surface area contributed by atoms with E-state index in [1.807, 2.05) is 18.2 Å². The van der Waals surface area contributed by atoms with Crippen molar-refractivity contribution in [2.75, 3.05) is 0 Å². The summed E-state index contributed by atoms with van der Waals surface area (Å²) in [6.45, 7) is 4.54. The molecule has 1 unspecified atom stereocenters. The van der Waals surface area contributed by atoms with Gasteiger partial charge in [-0.15, -0.1) is 0 Å². The Bertz CT molecular complexity index is 997. The largest absolute Gasteiger partial charge is 0.465 e. The molecule has 0 radical (unpaired) electrons. The lowest BCUT2D eigenvalue weighted by Gasteiger charge is -2.29. The van der Waals surface area contributed by atoms with E-state index < -0.39 is 6.29 Å². The highest BCUT2D eigenvalue weighted by atomic mass is 16.6. The molecule has 2 fully saturated rings. The molecule has 3 aliphatic rings. The average molecular weight is 449 g/mol. The Hall–Kier alpha value is -2.33. The van der Waals surface area contributed by atoms with Crippen molar-refractivity contribution in [3.8, 4) is 22.6 Å². The first-order valence-corrected chi connectivity index (χ1v) is 12.8. The van der Waals surface area contributed by atoms with Gasteiger partial charge in [0, 0.05) is 5.92 Å². The minimum Gasteiger partial charge on any atom is -0.465 e. The molecule has 2 aromatic carbocycles. The van der Waals surface area contributed by atoms with Crippen molar-refractivity contribution in [1.29, 1.82) is 0 Å². The Morgan fingerprint density at radius 3 is 2.00 bits per heavy atom. The maximum Gasteiger partial charge on any atom is 0.314 e. The molecular weight excluding hydrogens is 412 g/mol. The molecular formula is C29H36O4. The number of fused-ring (bicyclic) bond motifs is 3. The van der Waals surface area contributed by atoms with Crippen LogP contribution in [0, 0.1) is 23.7 Å². The normalized spacial score (nSPS) is 27.4. The van der Waals surface area contributed by atoms with Crippen LogP contribution < -0.4 is 9.47 Å². The van der Waals surface area contributed by atoms with Gasteiger partial charge in [0.2, 0.25) is 0 Å². The van der Waals surface area contributed by atoms with Crippen molar-refractivity contribution in [3.05, 3.63) is 47.5 Å². The molecule has 0 saturated heterocycles. The quantitative estimate of drug-likeness (QED) is 0.274. The third-order valence-electron chi connectivity index (χ3n) is 8.11. The second kappa shape index (κ2) is 9.50. The maximum absolute atomic E-state index is 12.6. The summed E-state index contributed by atoms with van der Waals surface area (Å²) in [6.07, 6.45) is 8.51. The highest BCUT2D eigenvalue weighted by molar-refractivity contribution is 5.79. The standard InChI is InChI=1S/C29H36O4/c1-18-3-7-20(8-4-18)28(30)32-24-11-13-26-22(16-24)15-23-17-25(12-14-27(23)26)33-29(31)21-9-5-19(2)6-10-21/h11-14,16-21,28,30H,3-10,15H2,1-2H3. The number of aliphatic hydroxyl groups is 1. The predicted molar refractivity (Wildman–Crippen MR) is 129 cm³/mol. The van der Waals surface area contributed by atoms with Crippen LogP contribution in [0.1, 0.15) is 76.3 Å². The first-order chi connectivity index (χ1) is 16.0. The minimum atomic E-state index is -0.742. The fraction of sp³-hybridized carbons (Fsp3) is 0.552. The summed E-state index contributed by atoms with van der Waals surface area (Å²) in [6, 6.07) is 12.1. The molecule has 0 heterocycles. The highest BCUT2D eigenvalue weighted by Crippen LogP contribution is 2.41. The van der Waals surface area contributed by atoms with Crippen molar-refractivity contribution in [2.45, 2.75) is 77.9 Å². The number of esters is 1. The van der Waals surface area contributed by atoms with Crippen LogP contribution in [0.25, 0.3) is 11.1 Å². The number of ether oxygens (including phenoxy) is 2. The molecule has 176 valence electrons. The van der Waals surface area contributed by atoms with E-state index in [1.54, 1.807) is 0 Å². The van der Waals surface area contributed by atoms with Crippen LogP contribution in [-0.4, -0.2) is 17.4 Å². The van der Waals surface area contributed by atoms with Gasteiger partial charge >= 0.3 is 5.97 Å². The van der Waals surface area contributed by atoms with E-state index >= 15 is 0 Å². The molecule has 1 N–H and O–H groups in total. The number of rotatable bonds is 5. The molecule has 0 aliphatic heterocycles. The fourth-order valence-corrected chi connectivity index (χ4v) is 5.80. The number of carbonyl (C=O) groups excluding carboxylic acids is 1. The molecule has 0 amide bonds. The molecule has 0 spiro atoms. The van der Waals surface area contributed by atoms with Gasteiger partial charge in [0.1, 0.15) is 11.5 Å². The fourth-order valence-electron chi connectivity index (χ4n) is 5.80. The van der Waals surface area contributed by atoms with Crippen molar-refractivity contribution >= 4 is 5.97 Å². The molecule has 0 bridgehead atoms. The molecule has 2 saturated carbocycles. The van der Waals surface area contributed by atoms with E-state index in [1.165, 1.54) is 22.3 Å². The van der Waals surface area contributed by atoms with Gasteiger partial charge in [0.15, 0.2) is 6.29 Å². The summed E-state index contributed by atoms with van der Waals surface area (Å²) in [4.78, 5) is 12.6. The van der Waals surface area contributed by atoms with E-state index in [-0.39, 0.29) is 17.8 Å². The van der Waals surface area contributed by atoms with E-state index in [4.69, 9.17) is 9.47 Å². The average Bonchev–Trinajstić information content (AvgIpc) is 3.16. The van der Waals surface area contributed by atoms with E-state index in [0.717, 1.165) is 69.5 Å². The Balaban J connectivity index is 1.23. The van der Waals surface area contributed by atoms with Gasteiger partial charge in [-0.05, 0) is 103 Å². The van der Waals surface area contributed by atoms with Crippen molar-refractivity contribution in [1.82, 2.24) is 0 Å². The molecule has 4 heteroatoms. The maximum atomic E-state index is 12.6. The molecule has 5 rings (SSSR count). The zero-order chi connectivity index (χ0) is 22.9. The Kier molecular flexibility index (Phi) is 6.47. The van der Waals surface area contributed by atoms with Gasteiger partial charge in [-0.25, -0.2) is 0 Å². The van der Waals surface area contributed by atoms with Crippen LogP contribution in [0.15, 0.2) is 36.4 Å². The van der Waals surface area contributed by atoms with Crippen LogP contribution >= 0.6 is 0 Å². The van der Waals surface area contributed by atoms with E-state index in [0.29, 0.717) is 11.7 Å². The smallest absolute Gasteiger partial charge is 0.314 e. The summed E-state index contributed by atoms with van der Waals surface area (Å²) in [7, 11) is 0. The zero-order valence-corrected chi connectivity index (χ0v) is 19.9. The third kappa shape index (κ3) is 4.96. The lowest BCUT2D eigenvalue weighted by Crippen LogP contribution is -2.29. The number of hydrogen-bond acceptors (Lipinski definition) is 4. The zero-order valence-electron chi connectivity index (χ0n) is 19.9. The van der Waals surface area contributed by atoms with Gasteiger partial charge in [0.25, 0.3) is 0 Å². The number of carbonyl (C=O) groups is 1. The van der Waals surface area contributed by atoms with Gasteiger partial charge in [-0.3, -0.25) is 4.79 Å². The van der Waals surface area contributed by atoms with Gasteiger partial charge in [-0.1, -0.05) is 38.8 Å². The first-order valence-electron chi connectivity index (χ1n) is 12.8. The highest BCUT2D eigenvalue weighted by Gasteiger charge is 2.28. The lowest BCUT2D eigenvalue weighted by atomic mass is 9.83. The van der Waals surface area contributed by atoms with Gasteiger partial charge in [0.05, 0.1) is 5.92 Å². The predicted octanol–water partition coefficient (Wildman–Crippen LogP) is 6.51. The monoisotopic (exact) mass is 448 g/mol. The van der Waals surface area contributed by atoms with Gasteiger partial charge < -0.3 is 14.6 Å². The molecule has 0 aromatic heterocycles. The topological polar surface area (TPSA) is 55.8 Å². The van der Waals surface area contributed by atoms with E-state index in [2.05, 4.69) is 32.0 Å². The molecule has 3 aliphatic carbocycles. The van der Waals surface area contributed by atoms with Gasteiger partial charge in [-0.2, -0.15) is 0 Å². The van der Waals surface area contributed by atoms with Crippen LogP contribution in [-0.2, 0) is 11.2 Å². The summed E-state index contributed by atoms with van der Waals surface area (Å²) in [5, 5.41) is 10.6. The minimum absolute atomic E-state index is 0.0326. The second-order valence-corrected chi connectivity index (χ2v) is 10.7. The SMILES string of the molecule is CC1CCC(C(=O)Oc2ccc3c(c2)Cc2cc(OC(O)C4CCC(C)CC4)ccc2-3)CC1. The van der Waals surface area contributed by atoms with Crippen molar-refractivity contribution in [3.63, 3.8) is 0 Å². The van der Waals surface area contributed by atoms with Crippen LogP contribution in [0.2, 0.25) is 0 Å². The van der Waals surface area contributed by atoms with Crippen molar-refractivity contribution < 1.29 is 19.4 Å². The summed E-state index contributed by atoms with van der Waals surface area (Å²) in [5.41, 5.74) is 4.74. The van der Waals surface area contributed by atoms with Crippen LogP contribution in [0.5, 0.6) is 11.5 Å². The molecule has 1 atom stereocenters. The van der Waals surface area contributed by atoms with Crippen LogP contribution in [0.3, 0.4) is 0 Å². The Labute approximate surface area is 197 Å².